The van der Waals surface area contributed by atoms with Crippen LogP contribution in [-0.4, -0.2) is 6.61 Å². The Labute approximate surface area is 137 Å². The van der Waals surface area contributed by atoms with E-state index in [1.54, 1.807) is 0 Å². The van der Waals surface area contributed by atoms with Gasteiger partial charge in [-0.2, -0.15) is 5.26 Å². The standard InChI is InChI=1S/C19H20ClNO/c1-14(2)15-6-8-19(9-7-15)22-11-10-17(13-21)16-4-3-5-18(20)12-16/h3-9,12,14,17H,10-11H2,1-2H3. The summed E-state index contributed by atoms with van der Waals surface area (Å²) in [6.45, 7) is 4.84. The van der Waals surface area contributed by atoms with E-state index in [0.717, 1.165) is 11.3 Å². The summed E-state index contributed by atoms with van der Waals surface area (Å²) in [6, 6.07) is 17.9. The molecule has 3 heteroatoms. The number of hydrogen-bond acceptors (Lipinski definition) is 2. The van der Waals surface area contributed by atoms with Gasteiger partial charge in [-0.05, 0) is 41.3 Å². The molecular formula is C19H20ClNO. The normalized spacial score (nSPS) is 12.0. The van der Waals surface area contributed by atoms with Crippen LogP contribution in [0.1, 0.15) is 43.2 Å². The van der Waals surface area contributed by atoms with Crippen LogP contribution in [0.5, 0.6) is 5.75 Å². The molecule has 2 nitrogen and oxygen atoms in total. The summed E-state index contributed by atoms with van der Waals surface area (Å²) >= 11 is 5.98. The maximum absolute atomic E-state index is 9.32. The lowest BCUT2D eigenvalue weighted by Crippen LogP contribution is -2.04. The van der Waals surface area contributed by atoms with E-state index in [0.29, 0.717) is 24.0 Å². The number of ether oxygens (including phenoxy) is 1. The number of benzene rings is 2. The van der Waals surface area contributed by atoms with Crippen molar-refractivity contribution in [3.8, 4) is 11.8 Å². The minimum Gasteiger partial charge on any atom is -0.494 e. The molecule has 0 amide bonds. The molecule has 1 unspecified atom stereocenters. The molecule has 0 fully saturated rings. The molecule has 2 aromatic rings. The molecule has 0 aliphatic carbocycles. The monoisotopic (exact) mass is 313 g/mol. The van der Waals surface area contributed by atoms with Gasteiger partial charge >= 0.3 is 0 Å². The second kappa shape index (κ2) is 7.87. The van der Waals surface area contributed by atoms with Gasteiger partial charge in [0.15, 0.2) is 0 Å². The second-order valence-electron chi connectivity index (χ2n) is 5.60. The number of nitriles is 1. The molecule has 2 aromatic carbocycles. The van der Waals surface area contributed by atoms with Gasteiger partial charge in [0.2, 0.25) is 0 Å². The zero-order valence-corrected chi connectivity index (χ0v) is 13.7. The summed E-state index contributed by atoms with van der Waals surface area (Å²) in [5.74, 6) is 1.15. The summed E-state index contributed by atoms with van der Waals surface area (Å²) in [4.78, 5) is 0. The van der Waals surface area contributed by atoms with E-state index in [2.05, 4.69) is 32.0 Å². The van der Waals surface area contributed by atoms with Crippen LogP contribution in [0.4, 0.5) is 0 Å². The third-order valence-corrected chi connectivity index (χ3v) is 3.86. The quantitative estimate of drug-likeness (QED) is 0.701. The predicted molar refractivity (Wildman–Crippen MR) is 90.4 cm³/mol. The first-order valence-corrected chi connectivity index (χ1v) is 7.86. The maximum Gasteiger partial charge on any atom is 0.119 e. The third-order valence-electron chi connectivity index (χ3n) is 3.63. The highest BCUT2D eigenvalue weighted by Crippen LogP contribution is 2.23. The minimum absolute atomic E-state index is 0.200. The van der Waals surface area contributed by atoms with Crippen molar-refractivity contribution in [1.29, 1.82) is 5.26 Å². The van der Waals surface area contributed by atoms with E-state index in [9.17, 15) is 5.26 Å². The SMILES string of the molecule is CC(C)c1ccc(OCCC(C#N)c2cccc(Cl)c2)cc1. The number of nitrogens with zero attached hydrogens (tertiary/aromatic N) is 1. The fraction of sp³-hybridized carbons (Fsp3) is 0.316. The van der Waals surface area contributed by atoms with E-state index < -0.39 is 0 Å². The Bertz CT molecular complexity index is 643. The summed E-state index contributed by atoms with van der Waals surface area (Å²) in [7, 11) is 0. The molecule has 114 valence electrons. The minimum atomic E-state index is -0.200. The van der Waals surface area contributed by atoms with Crippen LogP contribution in [0.25, 0.3) is 0 Å². The van der Waals surface area contributed by atoms with Gasteiger partial charge in [-0.3, -0.25) is 0 Å². The first-order valence-electron chi connectivity index (χ1n) is 7.48. The molecule has 0 N–H and O–H groups in total. The smallest absolute Gasteiger partial charge is 0.119 e. The van der Waals surface area contributed by atoms with Crippen LogP contribution in [0.15, 0.2) is 48.5 Å². The van der Waals surface area contributed by atoms with Crippen LogP contribution in [0.3, 0.4) is 0 Å². The highest BCUT2D eigenvalue weighted by Gasteiger charge is 2.11. The Hall–Kier alpha value is -1.98. The highest BCUT2D eigenvalue weighted by molar-refractivity contribution is 6.30. The molecule has 0 bridgehead atoms. The lowest BCUT2D eigenvalue weighted by Gasteiger charge is -2.12. The van der Waals surface area contributed by atoms with Crippen molar-refractivity contribution in [2.24, 2.45) is 0 Å². The Balaban J connectivity index is 1.90. The molecule has 0 radical (unpaired) electrons. The topological polar surface area (TPSA) is 33.0 Å². The summed E-state index contributed by atoms with van der Waals surface area (Å²) in [6.07, 6.45) is 0.642. The van der Waals surface area contributed by atoms with Crippen molar-refractivity contribution < 1.29 is 4.74 Å². The Morgan fingerprint density at radius 1 is 1.09 bits per heavy atom. The van der Waals surface area contributed by atoms with Gasteiger partial charge in [-0.25, -0.2) is 0 Å². The first-order chi connectivity index (χ1) is 10.6. The van der Waals surface area contributed by atoms with Crippen LogP contribution < -0.4 is 4.74 Å². The summed E-state index contributed by atoms with van der Waals surface area (Å²) < 4.78 is 5.74. The molecule has 22 heavy (non-hydrogen) atoms. The van der Waals surface area contributed by atoms with Crippen molar-refractivity contribution >= 4 is 11.6 Å². The fourth-order valence-electron chi connectivity index (χ4n) is 2.27. The van der Waals surface area contributed by atoms with Gasteiger partial charge in [0.1, 0.15) is 5.75 Å². The van der Waals surface area contributed by atoms with Crippen molar-refractivity contribution in [3.05, 3.63) is 64.7 Å². The van der Waals surface area contributed by atoms with Crippen molar-refractivity contribution in [2.45, 2.75) is 32.1 Å². The van der Waals surface area contributed by atoms with Crippen LogP contribution >= 0.6 is 11.6 Å². The molecule has 0 saturated carbocycles. The number of rotatable bonds is 6. The second-order valence-corrected chi connectivity index (χ2v) is 6.03. The van der Waals surface area contributed by atoms with Crippen LogP contribution in [-0.2, 0) is 0 Å². The van der Waals surface area contributed by atoms with E-state index in [1.165, 1.54) is 5.56 Å². The largest absolute Gasteiger partial charge is 0.494 e. The predicted octanol–water partition coefficient (Wildman–Crippen LogP) is 5.54. The van der Waals surface area contributed by atoms with E-state index >= 15 is 0 Å². The Kier molecular flexibility index (Phi) is 5.86. The van der Waals surface area contributed by atoms with Gasteiger partial charge in [0, 0.05) is 11.4 Å². The van der Waals surface area contributed by atoms with Crippen molar-refractivity contribution in [3.63, 3.8) is 0 Å². The Morgan fingerprint density at radius 3 is 2.41 bits per heavy atom. The zero-order chi connectivity index (χ0) is 15.9. The molecule has 0 aromatic heterocycles. The van der Waals surface area contributed by atoms with E-state index in [-0.39, 0.29) is 5.92 Å². The Morgan fingerprint density at radius 2 is 1.82 bits per heavy atom. The van der Waals surface area contributed by atoms with Gasteiger partial charge in [0.25, 0.3) is 0 Å². The third kappa shape index (κ3) is 4.51. The molecule has 0 heterocycles. The number of hydrogen-bond donors (Lipinski definition) is 0. The van der Waals surface area contributed by atoms with E-state index in [4.69, 9.17) is 16.3 Å². The van der Waals surface area contributed by atoms with Gasteiger partial charge < -0.3 is 4.74 Å². The maximum atomic E-state index is 9.32. The lowest BCUT2D eigenvalue weighted by atomic mass is 9.98. The first kappa shape index (κ1) is 16.4. The molecule has 0 spiro atoms. The molecule has 2 rings (SSSR count). The van der Waals surface area contributed by atoms with Gasteiger partial charge in [-0.15, -0.1) is 0 Å². The van der Waals surface area contributed by atoms with Gasteiger partial charge in [-0.1, -0.05) is 49.7 Å². The average molecular weight is 314 g/mol. The molecule has 1 atom stereocenters. The fourth-order valence-corrected chi connectivity index (χ4v) is 2.47. The summed E-state index contributed by atoms with van der Waals surface area (Å²) in [5.41, 5.74) is 2.23. The highest BCUT2D eigenvalue weighted by atomic mass is 35.5. The molecular weight excluding hydrogens is 294 g/mol. The molecule has 0 aliphatic heterocycles. The van der Waals surface area contributed by atoms with Crippen LogP contribution in [0, 0.1) is 11.3 Å². The zero-order valence-electron chi connectivity index (χ0n) is 12.9. The van der Waals surface area contributed by atoms with E-state index in [1.807, 2.05) is 36.4 Å². The number of halogens is 1. The average Bonchev–Trinajstić information content (AvgIpc) is 2.52. The van der Waals surface area contributed by atoms with Crippen LogP contribution in [0.2, 0.25) is 5.02 Å². The van der Waals surface area contributed by atoms with Crippen molar-refractivity contribution in [1.82, 2.24) is 0 Å². The summed E-state index contributed by atoms with van der Waals surface area (Å²) in [5, 5.41) is 9.97. The molecule has 0 aliphatic rings. The van der Waals surface area contributed by atoms with Gasteiger partial charge in [0.05, 0.1) is 18.6 Å². The molecule has 0 saturated heterocycles. The lowest BCUT2D eigenvalue weighted by molar-refractivity contribution is 0.306. The van der Waals surface area contributed by atoms with Crippen molar-refractivity contribution in [2.75, 3.05) is 6.61 Å².